The Labute approximate surface area is 112 Å². The number of hydrogen-bond acceptors (Lipinski definition) is 6. The summed E-state index contributed by atoms with van der Waals surface area (Å²) in [6.45, 7) is 0. The molecule has 3 heterocycles. The summed E-state index contributed by atoms with van der Waals surface area (Å²) in [6, 6.07) is 0. The first kappa shape index (κ1) is 11.1. The zero-order chi connectivity index (χ0) is 12.9. The Hall–Kier alpha value is -1.98. The van der Waals surface area contributed by atoms with Gasteiger partial charge in [0.15, 0.2) is 16.9 Å². The Morgan fingerprint density at radius 3 is 2.50 bits per heavy atom. The highest BCUT2D eigenvalue weighted by molar-refractivity contribution is 14.1. The van der Waals surface area contributed by atoms with Crippen molar-refractivity contribution in [1.29, 1.82) is 0 Å². The molecule has 0 bridgehead atoms. The molecule has 10 heteroatoms. The number of hydrogen-bond donors (Lipinski definition) is 3. The number of anilines is 1. The number of aromatic amines is 2. The third-order valence-electron chi connectivity index (χ3n) is 2.50. The van der Waals surface area contributed by atoms with Crippen molar-refractivity contribution in [2.75, 3.05) is 3.53 Å². The molecule has 92 valence electrons. The standard InChI is InChI=1S/C8H6IN7O2/c1-16-5-2-3(10-6(14-5)15-9)11-7(17)12-4(2)13-8(16)18/h1H3,(H3,10,11,12,13,14,15,17,18). The Morgan fingerprint density at radius 2 is 1.83 bits per heavy atom. The molecule has 0 unspecified atom stereocenters. The van der Waals surface area contributed by atoms with Crippen LogP contribution in [0, 0.1) is 0 Å². The van der Waals surface area contributed by atoms with Gasteiger partial charge in [-0.3, -0.25) is 13.1 Å². The molecule has 18 heavy (non-hydrogen) atoms. The van der Waals surface area contributed by atoms with E-state index in [0.29, 0.717) is 22.6 Å². The maximum absolute atomic E-state index is 11.7. The van der Waals surface area contributed by atoms with Crippen molar-refractivity contribution in [3.63, 3.8) is 0 Å². The second-order valence-corrected chi connectivity index (χ2v) is 4.11. The number of rotatable bonds is 1. The van der Waals surface area contributed by atoms with Gasteiger partial charge in [0.2, 0.25) is 5.95 Å². The highest BCUT2D eigenvalue weighted by Gasteiger charge is 2.13. The summed E-state index contributed by atoms with van der Waals surface area (Å²) in [7, 11) is 1.57. The van der Waals surface area contributed by atoms with Gasteiger partial charge < -0.3 is 4.98 Å². The summed E-state index contributed by atoms with van der Waals surface area (Å²) >= 11 is 1.88. The van der Waals surface area contributed by atoms with Crippen molar-refractivity contribution < 1.29 is 0 Å². The van der Waals surface area contributed by atoms with Gasteiger partial charge in [-0.1, -0.05) is 0 Å². The number of halogens is 1. The normalized spacial score (nSPS) is 11.2. The van der Waals surface area contributed by atoms with Gasteiger partial charge in [0.05, 0.1) is 22.9 Å². The predicted octanol–water partition coefficient (Wildman–Crippen LogP) is -0.345. The number of nitrogens with zero attached hydrogens (tertiary/aromatic N) is 4. The number of aryl methyl sites for hydroxylation is 1. The van der Waals surface area contributed by atoms with Crippen molar-refractivity contribution in [2.45, 2.75) is 0 Å². The summed E-state index contributed by atoms with van der Waals surface area (Å²) in [5.74, 6) is 0.392. The zero-order valence-corrected chi connectivity index (χ0v) is 11.1. The van der Waals surface area contributed by atoms with Crippen molar-refractivity contribution in [3.05, 3.63) is 21.0 Å². The van der Waals surface area contributed by atoms with E-state index >= 15 is 0 Å². The smallest absolute Gasteiger partial charge is 0.309 e. The minimum absolute atomic E-state index is 0.173. The minimum Gasteiger partial charge on any atom is -0.309 e. The summed E-state index contributed by atoms with van der Waals surface area (Å²) in [6.07, 6.45) is 0. The van der Waals surface area contributed by atoms with E-state index in [0.717, 1.165) is 0 Å². The van der Waals surface area contributed by atoms with E-state index in [2.05, 4.69) is 28.5 Å². The molecule has 3 rings (SSSR count). The molecule has 0 aromatic carbocycles. The first-order valence-corrected chi connectivity index (χ1v) is 5.91. The molecular formula is C8H6IN7O2. The van der Waals surface area contributed by atoms with Crippen LogP contribution in [0.25, 0.3) is 22.3 Å². The number of H-pyrrole nitrogens is 2. The van der Waals surface area contributed by atoms with Crippen LogP contribution < -0.4 is 14.9 Å². The van der Waals surface area contributed by atoms with Crippen molar-refractivity contribution in [3.8, 4) is 0 Å². The highest BCUT2D eigenvalue weighted by Crippen LogP contribution is 2.18. The molecule has 0 atom stereocenters. The van der Waals surface area contributed by atoms with Crippen LogP contribution >= 0.6 is 22.9 Å². The van der Waals surface area contributed by atoms with Gasteiger partial charge in [0.25, 0.3) is 0 Å². The molecule has 0 aliphatic heterocycles. The van der Waals surface area contributed by atoms with Crippen molar-refractivity contribution in [2.24, 2.45) is 7.05 Å². The highest BCUT2D eigenvalue weighted by atomic mass is 127. The van der Waals surface area contributed by atoms with Crippen LogP contribution in [-0.4, -0.2) is 29.5 Å². The summed E-state index contributed by atoms with van der Waals surface area (Å²) < 4.78 is 4.10. The maximum atomic E-state index is 11.7. The van der Waals surface area contributed by atoms with E-state index in [1.165, 1.54) is 4.57 Å². The van der Waals surface area contributed by atoms with Gasteiger partial charge in [-0.05, 0) is 0 Å². The molecule has 3 aromatic heterocycles. The Kier molecular flexibility index (Phi) is 2.33. The van der Waals surface area contributed by atoms with E-state index in [1.807, 2.05) is 22.9 Å². The topological polar surface area (TPSA) is 121 Å². The van der Waals surface area contributed by atoms with E-state index in [-0.39, 0.29) is 5.65 Å². The van der Waals surface area contributed by atoms with Gasteiger partial charge in [-0.2, -0.15) is 15.0 Å². The van der Waals surface area contributed by atoms with Gasteiger partial charge in [-0.25, -0.2) is 9.59 Å². The number of aromatic nitrogens is 6. The van der Waals surface area contributed by atoms with Crippen LogP contribution in [0.15, 0.2) is 9.59 Å². The van der Waals surface area contributed by atoms with E-state index in [9.17, 15) is 9.59 Å². The minimum atomic E-state index is -0.671. The molecule has 0 amide bonds. The van der Waals surface area contributed by atoms with Gasteiger partial charge in [0.1, 0.15) is 5.39 Å². The van der Waals surface area contributed by atoms with Crippen LogP contribution in [0.3, 0.4) is 0 Å². The molecule has 0 aliphatic carbocycles. The number of nitrogens with one attached hydrogen (secondary N) is 3. The Balaban J connectivity index is 2.69. The lowest BCUT2D eigenvalue weighted by molar-refractivity contribution is 0.839. The average molecular weight is 359 g/mol. The van der Waals surface area contributed by atoms with Gasteiger partial charge in [0, 0.05) is 7.05 Å². The lowest BCUT2D eigenvalue weighted by atomic mass is 10.3. The van der Waals surface area contributed by atoms with E-state index in [1.54, 1.807) is 7.05 Å². The Bertz CT molecular complexity index is 877. The fraction of sp³-hybridized carbons (Fsp3) is 0.125. The molecule has 0 saturated heterocycles. The molecular weight excluding hydrogens is 353 g/mol. The zero-order valence-electron chi connectivity index (χ0n) is 8.98. The largest absolute Gasteiger partial charge is 0.371 e. The third-order valence-corrected chi connectivity index (χ3v) is 3.01. The molecule has 0 radical (unpaired) electrons. The summed E-state index contributed by atoms with van der Waals surface area (Å²) in [5, 5.41) is 0.507. The SMILES string of the molecule is Cn1c(=O)[nH]c2nc(=O)nc3[nH]c(NI)nc1c32. The first-order valence-electron chi connectivity index (χ1n) is 4.83. The quantitative estimate of drug-likeness (QED) is 0.404. The van der Waals surface area contributed by atoms with Crippen LogP contribution in [0.2, 0.25) is 0 Å². The molecule has 9 nitrogen and oxygen atoms in total. The second kappa shape index (κ2) is 3.76. The monoisotopic (exact) mass is 359 g/mol. The maximum Gasteiger partial charge on any atom is 0.371 e. The molecule has 0 fully saturated rings. The summed E-state index contributed by atoms with van der Waals surface area (Å²) in [5.41, 5.74) is -0.190. The lowest BCUT2D eigenvalue weighted by Gasteiger charge is -2.08. The van der Waals surface area contributed by atoms with Gasteiger partial charge in [-0.15, -0.1) is 0 Å². The van der Waals surface area contributed by atoms with Crippen LogP contribution in [-0.2, 0) is 7.05 Å². The average Bonchev–Trinajstić information content (AvgIpc) is 2.34. The van der Waals surface area contributed by atoms with Crippen LogP contribution in [0.4, 0.5) is 5.95 Å². The van der Waals surface area contributed by atoms with Crippen molar-refractivity contribution >= 4 is 51.1 Å². The summed E-state index contributed by atoms with van der Waals surface area (Å²) in [4.78, 5) is 40.0. The van der Waals surface area contributed by atoms with E-state index < -0.39 is 11.4 Å². The predicted molar refractivity (Wildman–Crippen MR) is 72.7 cm³/mol. The fourth-order valence-electron chi connectivity index (χ4n) is 1.70. The molecule has 0 saturated carbocycles. The molecule has 0 aliphatic rings. The molecule has 3 N–H and O–H groups in total. The first-order chi connectivity index (χ1) is 8.60. The second-order valence-electron chi connectivity index (χ2n) is 3.57. The Morgan fingerprint density at radius 1 is 1.17 bits per heavy atom. The van der Waals surface area contributed by atoms with E-state index in [4.69, 9.17) is 0 Å². The van der Waals surface area contributed by atoms with Crippen molar-refractivity contribution in [1.82, 2.24) is 29.5 Å². The molecule has 3 aromatic rings. The van der Waals surface area contributed by atoms with Gasteiger partial charge >= 0.3 is 11.4 Å². The fourth-order valence-corrected chi connectivity index (χ4v) is 1.96. The third kappa shape index (κ3) is 1.48. The van der Waals surface area contributed by atoms with Crippen LogP contribution in [0.5, 0.6) is 0 Å². The lowest BCUT2D eigenvalue weighted by Crippen LogP contribution is -2.24. The molecule has 0 spiro atoms. The van der Waals surface area contributed by atoms with Crippen LogP contribution in [0.1, 0.15) is 0 Å².